The number of aromatic hydroxyl groups is 1. The number of carbonyl (C=O) groups is 18. The Hall–Kier alpha value is -13.9. The Morgan fingerprint density at radius 3 is 1.88 bits per heavy atom. The van der Waals surface area contributed by atoms with Crippen molar-refractivity contribution >= 4 is 169 Å². The number of aliphatic carboxylic acids is 5. The summed E-state index contributed by atoms with van der Waals surface area (Å²) in [5, 5.41) is 93.3. The van der Waals surface area contributed by atoms with Crippen molar-refractivity contribution < 1.29 is 131 Å². The second-order valence-electron chi connectivity index (χ2n) is 33.9. The highest BCUT2D eigenvalue weighted by Crippen LogP contribution is 2.34. The summed E-state index contributed by atoms with van der Waals surface area (Å²) in [6.45, 7) is 12.3. The maximum Gasteiger partial charge on any atom is 0.426 e. The van der Waals surface area contributed by atoms with Crippen molar-refractivity contribution in [3.05, 3.63) is 86.1 Å². The Bertz CT molecular complexity index is 5070. The standard InChI is InChI=1S/C87H126N22O28S3/c1-11-16-68(119)136-43-109(82(129)69(45(5)12-2)101-79(127)61-18-13-14-30-106(61)8)62(44(3)4)38-63(137-47(7)110)81-100-59(41-138-81)78(126)93-50(34-48-19-25-53(111)26-20-48)33-46(6)72(120)104-105-87(134)135-31-32-139-140-42-60(84(132)133)99-77(125)58(37-67(117)118)98-76(124)57(36-66(115)116)97-74(122)54(17-15-29-91-85(88)89)95-75(123)56(35-65(113)114)94-64(112)28-27-55(83(130)131)96-73(121)49-21-23-51(24-22-49)107(9)40-52-39-92-71-70(108(52)10)80(128)103-86(90)102-71/h19-26,41,44-46,50,52,54-58,60-63,69,111H,11-18,27-40,42-43H2,1-10H3,(H,93,126)(H,94,112)(H,95,123)(H,96,121)(H,97,122)(H,98,124)(H,99,125)(H,101,127)(H,104,120)(H,105,134)(H,113,114)(H,115,116)(H,117,118)(H,130,131)(H,132,133)(H4,88,89,91)(H4,90,92,102,103,128)/t45?,46-,50+,52?,54-,55-,56-,57-,58-,60-,61+,62+,63+,69-/m0/s1. The summed E-state index contributed by atoms with van der Waals surface area (Å²) >= 11 is 0.985. The average Bonchev–Trinajstić information content (AvgIpc) is 0.944. The quantitative estimate of drug-likeness (QED) is 0.00416. The SMILES string of the molecule is CCCC(=O)OCN(C(=O)[C@@H](NC(=O)[C@H]1CCCCN1C)C(C)CC)[C@H](C[C@@H](OC(C)=O)c1nc(C(=O)N[C@@H](Cc2ccc(O)cc2)C[C@H](C)C(=O)NNC(=O)OCCSSC[C@H](NC(=O)[C@H](CC(=O)O)NC(=O)[C@H](CC(=O)O)NC(=O)[C@H](CCCNC(=N)N)NC(=O)[C@H](CC(=O)O)NC(=O)CC[C@H](NC(=O)c2ccc(N(C)CC3CNc4nc(N)[nH]c(=O)c4N3C)cc2)C(=O)O)C(=O)O)cs1)C(C)C. The summed E-state index contributed by atoms with van der Waals surface area (Å²) in [6.07, 6.45) is -4.80. The number of H-pyrrole nitrogens is 1. The van der Waals surface area contributed by atoms with Crippen LogP contribution in [0.2, 0.25) is 0 Å². The molecular weight excluding hydrogens is 1900 g/mol. The molecule has 0 saturated carbocycles. The third-order valence-electron chi connectivity index (χ3n) is 22.7. The Balaban J connectivity index is 1.02. The topological polar surface area (TPSA) is 748 Å². The van der Waals surface area contributed by atoms with Crippen LogP contribution in [0.4, 0.5) is 27.9 Å². The van der Waals surface area contributed by atoms with Crippen molar-refractivity contribution in [2.75, 3.05) is 93.0 Å². The van der Waals surface area contributed by atoms with Gasteiger partial charge in [0.25, 0.3) is 17.4 Å². The number of amides is 11. The first-order chi connectivity index (χ1) is 66.2. The first-order valence-electron chi connectivity index (χ1n) is 45.0. The Morgan fingerprint density at radius 2 is 1.30 bits per heavy atom. The largest absolute Gasteiger partial charge is 0.508 e. The highest BCUT2D eigenvalue weighted by Gasteiger charge is 2.42. The number of carbonyl (C=O) groups excluding carboxylic acids is 13. The number of aromatic nitrogens is 3. The molecular formula is C87H126N22O28S3. The van der Waals surface area contributed by atoms with Gasteiger partial charge in [-0.2, -0.15) is 4.98 Å². The van der Waals surface area contributed by atoms with Crippen molar-refractivity contribution in [2.24, 2.45) is 23.5 Å². The molecule has 4 heterocycles. The molecule has 2 aromatic carbocycles. The van der Waals surface area contributed by atoms with Crippen LogP contribution in [0, 0.1) is 23.2 Å². The Kier molecular flexibility index (Phi) is 46.7. The van der Waals surface area contributed by atoms with Crippen LogP contribution in [-0.2, 0) is 92.5 Å². The summed E-state index contributed by atoms with van der Waals surface area (Å²) in [5.74, 6) is -22.4. The Morgan fingerprint density at radius 1 is 0.693 bits per heavy atom. The first kappa shape index (κ1) is 115. The molecule has 4 aromatic rings. The lowest BCUT2D eigenvalue weighted by atomic mass is 9.92. The van der Waals surface area contributed by atoms with E-state index < -0.39 is 236 Å². The number of nitrogens with two attached hydrogens (primary N) is 2. The van der Waals surface area contributed by atoms with E-state index in [1.807, 2.05) is 49.9 Å². The molecule has 11 amide bonds. The van der Waals surface area contributed by atoms with E-state index in [4.69, 9.17) is 31.1 Å². The fourth-order valence-corrected chi connectivity index (χ4v) is 17.7. The van der Waals surface area contributed by atoms with Gasteiger partial charge in [-0.05, 0) is 119 Å². The van der Waals surface area contributed by atoms with Crippen LogP contribution in [0.25, 0.3) is 0 Å². The average molecular weight is 2020 g/mol. The zero-order valence-electron chi connectivity index (χ0n) is 79.1. The van der Waals surface area contributed by atoms with Gasteiger partial charge in [0.15, 0.2) is 24.6 Å². The summed E-state index contributed by atoms with van der Waals surface area (Å²) in [5.41, 5.74) is 16.4. The van der Waals surface area contributed by atoms with E-state index in [1.54, 1.807) is 50.2 Å². The number of rotatable bonds is 57. The van der Waals surface area contributed by atoms with Crippen LogP contribution in [0.3, 0.4) is 0 Å². The van der Waals surface area contributed by atoms with Gasteiger partial charge in [0.1, 0.15) is 71.0 Å². The molecule has 24 N–H and O–H groups in total. The number of thiazole rings is 1. The molecule has 2 aliphatic heterocycles. The minimum atomic E-state index is -2.23. The predicted molar refractivity (Wildman–Crippen MR) is 510 cm³/mol. The van der Waals surface area contributed by atoms with Gasteiger partial charge in [-0.15, -0.1) is 11.3 Å². The van der Waals surface area contributed by atoms with E-state index in [9.17, 15) is 117 Å². The fourth-order valence-electron chi connectivity index (χ4n) is 14.9. The van der Waals surface area contributed by atoms with Gasteiger partial charge in [-0.25, -0.2) is 24.8 Å². The second kappa shape index (κ2) is 56.9. The van der Waals surface area contributed by atoms with Gasteiger partial charge < -0.3 is 124 Å². The molecule has 770 valence electrons. The van der Waals surface area contributed by atoms with Crippen LogP contribution < -0.4 is 90.8 Å². The number of phenols is 1. The number of carboxylic acids is 5. The number of nitrogens with zero attached hydrogens (tertiary/aromatic N) is 6. The van der Waals surface area contributed by atoms with Crippen molar-refractivity contribution in [1.29, 1.82) is 5.41 Å². The fraction of sp³-hybridized carbons (Fsp3) is 0.563. The molecule has 140 heavy (non-hydrogen) atoms. The lowest BCUT2D eigenvalue weighted by molar-refractivity contribution is -0.161. The van der Waals surface area contributed by atoms with E-state index in [-0.39, 0.29) is 108 Å². The number of esters is 2. The monoisotopic (exact) mass is 2020 g/mol. The molecule has 1 saturated heterocycles. The summed E-state index contributed by atoms with van der Waals surface area (Å²) in [6, 6.07) is -3.31. The minimum Gasteiger partial charge on any atom is -0.508 e. The molecule has 2 aliphatic rings. The smallest absolute Gasteiger partial charge is 0.426 e. The number of benzene rings is 2. The van der Waals surface area contributed by atoms with E-state index in [2.05, 4.69) is 73.7 Å². The highest BCUT2D eigenvalue weighted by molar-refractivity contribution is 8.76. The van der Waals surface area contributed by atoms with Crippen molar-refractivity contribution in [1.82, 2.24) is 83.5 Å². The third-order valence-corrected chi connectivity index (χ3v) is 26.0. The second-order valence-corrected chi connectivity index (χ2v) is 37.4. The van der Waals surface area contributed by atoms with Gasteiger partial charge in [0.05, 0.1) is 31.3 Å². The van der Waals surface area contributed by atoms with Gasteiger partial charge in [-0.3, -0.25) is 97.4 Å². The number of hydrazine groups is 1. The lowest BCUT2D eigenvalue weighted by Crippen LogP contribution is -2.59. The number of phenolic OH excluding ortho intramolecular Hbond substituents is 1. The van der Waals surface area contributed by atoms with Crippen molar-refractivity contribution in [3.63, 3.8) is 0 Å². The first-order valence-corrected chi connectivity index (χ1v) is 48.4. The number of carboxylic acid groups (broad SMARTS) is 5. The van der Waals surface area contributed by atoms with E-state index in [0.717, 1.165) is 45.8 Å². The number of nitrogen functional groups attached to an aromatic ring is 1. The third kappa shape index (κ3) is 37.8. The molecule has 0 spiro atoms. The van der Waals surface area contributed by atoms with Crippen LogP contribution in [-0.4, -0.2) is 307 Å². The number of ether oxygens (including phenoxy) is 3. The number of hydrogen-bond acceptors (Lipinski definition) is 34. The van der Waals surface area contributed by atoms with Crippen LogP contribution in [0.15, 0.2) is 58.7 Å². The molecule has 1 fully saturated rings. The summed E-state index contributed by atoms with van der Waals surface area (Å²) in [7, 11) is 7.05. The number of aromatic amines is 1. The van der Waals surface area contributed by atoms with E-state index in [1.165, 1.54) is 48.4 Å². The number of likely N-dealkylation sites (tertiary alicyclic amines) is 1. The Labute approximate surface area is 817 Å². The lowest BCUT2D eigenvalue weighted by Gasteiger charge is -2.39. The van der Waals surface area contributed by atoms with Crippen molar-refractivity contribution in [3.8, 4) is 5.75 Å². The molecule has 6 rings (SSSR count). The molecule has 2 unspecified atom stereocenters. The molecule has 2 aromatic heterocycles. The molecule has 50 nitrogen and oxygen atoms in total. The van der Waals surface area contributed by atoms with E-state index in [0.29, 0.717) is 56.0 Å². The summed E-state index contributed by atoms with van der Waals surface area (Å²) in [4.78, 5) is 271. The number of guanidine groups is 1. The zero-order chi connectivity index (χ0) is 104. The number of anilines is 4. The molecule has 0 bridgehead atoms. The molecule has 0 aliphatic carbocycles. The van der Waals surface area contributed by atoms with Crippen molar-refractivity contribution in [2.45, 2.75) is 224 Å². The maximum atomic E-state index is 15.1. The number of fused-ring (bicyclic) bond motifs is 1. The highest BCUT2D eigenvalue weighted by atomic mass is 33.1. The summed E-state index contributed by atoms with van der Waals surface area (Å²) < 4.78 is 16.8. The van der Waals surface area contributed by atoms with Crippen LogP contribution in [0.5, 0.6) is 5.75 Å². The number of likely N-dealkylation sites (N-methyl/N-ethyl adjacent to an activating group) is 3. The minimum absolute atomic E-state index is 0.00505. The number of nitrogens with one attached hydrogen (secondary N) is 14. The normalized spacial score (nSPS) is 15.9. The van der Waals surface area contributed by atoms with Gasteiger partial charge >= 0.3 is 47.9 Å². The number of piperidine rings is 1. The maximum absolute atomic E-state index is 15.1. The molecule has 53 heteroatoms. The zero-order valence-corrected chi connectivity index (χ0v) is 81.5. The molecule has 0 radical (unpaired) electrons. The van der Waals surface area contributed by atoms with Crippen LogP contribution in [0.1, 0.15) is 182 Å². The van der Waals surface area contributed by atoms with E-state index >= 15 is 4.79 Å². The van der Waals surface area contributed by atoms with Gasteiger partial charge in [0, 0.05) is 106 Å². The number of hydrogen-bond donors (Lipinski definition) is 22. The van der Waals surface area contributed by atoms with Crippen LogP contribution >= 0.6 is 32.9 Å². The molecule has 14 atom stereocenters. The predicted octanol–water partition coefficient (Wildman–Crippen LogP) is 0.410. The van der Waals surface area contributed by atoms with Gasteiger partial charge in [0.2, 0.25) is 53.2 Å². The van der Waals surface area contributed by atoms with Gasteiger partial charge in [-0.1, -0.05) is 88.1 Å².